The molecule has 0 radical (unpaired) electrons. The minimum absolute atomic E-state index is 0.0590. The first kappa shape index (κ1) is 14.2. The fraction of sp³-hybridized carbons (Fsp3) is 0.500. The summed E-state index contributed by atoms with van der Waals surface area (Å²) in [7, 11) is -2.06. The van der Waals surface area contributed by atoms with Gasteiger partial charge in [0.05, 0.1) is 4.34 Å². The van der Waals surface area contributed by atoms with Crippen LogP contribution in [-0.2, 0) is 10.0 Å². The summed E-state index contributed by atoms with van der Waals surface area (Å²) in [6.45, 7) is 0.806. The van der Waals surface area contributed by atoms with Gasteiger partial charge in [-0.15, -0.1) is 11.3 Å². The van der Waals surface area contributed by atoms with Crippen LogP contribution in [0.15, 0.2) is 11.0 Å². The molecule has 0 aliphatic rings. The number of sulfonamides is 1. The molecule has 0 fully saturated rings. The predicted octanol–water partition coefficient (Wildman–Crippen LogP) is 2.02. The van der Waals surface area contributed by atoms with Gasteiger partial charge in [-0.25, -0.2) is 12.7 Å². The predicted molar refractivity (Wildman–Crippen MR) is 67.8 cm³/mol. The van der Waals surface area contributed by atoms with Crippen LogP contribution in [0.5, 0.6) is 0 Å². The van der Waals surface area contributed by atoms with Crippen molar-refractivity contribution in [2.75, 3.05) is 20.1 Å². The fourth-order valence-electron chi connectivity index (χ4n) is 1.10. The smallest absolute Gasteiger partial charge is 0.245 e. The van der Waals surface area contributed by atoms with Crippen molar-refractivity contribution >= 4 is 44.6 Å². The van der Waals surface area contributed by atoms with E-state index in [1.807, 2.05) is 0 Å². The third-order valence-electron chi connectivity index (χ3n) is 1.99. The summed E-state index contributed by atoms with van der Waals surface area (Å²) < 4.78 is 25.8. The van der Waals surface area contributed by atoms with E-state index in [1.54, 1.807) is 0 Å². The maximum atomic E-state index is 12.0. The average Bonchev–Trinajstić information content (AvgIpc) is 2.54. The molecule has 1 heterocycles. The highest BCUT2D eigenvalue weighted by Gasteiger charge is 2.25. The summed E-state index contributed by atoms with van der Waals surface area (Å²) in [6, 6.07) is 1.36. The first-order valence-electron chi connectivity index (χ1n) is 4.51. The Kier molecular flexibility index (Phi) is 5.03. The van der Waals surface area contributed by atoms with Crippen molar-refractivity contribution in [1.82, 2.24) is 4.31 Å². The molecule has 1 aromatic rings. The third-order valence-corrected chi connectivity index (χ3v) is 5.60. The van der Waals surface area contributed by atoms with E-state index in [1.165, 1.54) is 17.4 Å². The Morgan fingerprint density at radius 2 is 2.12 bits per heavy atom. The Hall–Kier alpha value is 0.150. The SMILES string of the molecule is CN(CCCN)S(=O)(=O)c1cc(Cl)sc1Cl. The van der Waals surface area contributed by atoms with Crippen molar-refractivity contribution in [3.63, 3.8) is 0 Å². The lowest BCUT2D eigenvalue weighted by Crippen LogP contribution is -2.29. The van der Waals surface area contributed by atoms with Crippen LogP contribution >= 0.6 is 34.5 Å². The minimum Gasteiger partial charge on any atom is -0.330 e. The molecule has 0 bridgehead atoms. The summed E-state index contributed by atoms with van der Waals surface area (Å²) in [5.41, 5.74) is 5.33. The first-order valence-corrected chi connectivity index (χ1v) is 7.52. The number of hydrogen-bond acceptors (Lipinski definition) is 4. The van der Waals surface area contributed by atoms with Gasteiger partial charge < -0.3 is 5.73 Å². The molecule has 8 heteroatoms. The Bertz CT molecular complexity index is 459. The largest absolute Gasteiger partial charge is 0.330 e. The maximum absolute atomic E-state index is 12.0. The molecule has 0 atom stereocenters. The lowest BCUT2D eigenvalue weighted by atomic mass is 10.4. The molecule has 0 saturated heterocycles. The Morgan fingerprint density at radius 3 is 2.56 bits per heavy atom. The van der Waals surface area contributed by atoms with Gasteiger partial charge in [-0.2, -0.15) is 0 Å². The summed E-state index contributed by atoms with van der Waals surface area (Å²) in [4.78, 5) is 0.0590. The maximum Gasteiger partial charge on any atom is 0.245 e. The van der Waals surface area contributed by atoms with Crippen LogP contribution in [0.3, 0.4) is 0 Å². The standard InChI is InChI=1S/C8H12Cl2N2O2S2/c1-12(4-2-3-11)16(13,14)6-5-7(9)15-8(6)10/h5H,2-4,11H2,1H3. The van der Waals surface area contributed by atoms with Crippen LogP contribution in [0.2, 0.25) is 8.67 Å². The molecular weight excluding hydrogens is 291 g/mol. The van der Waals surface area contributed by atoms with E-state index in [2.05, 4.69) is 0 Å². The second-order valence-electron chi connectivity index (χ2n) is 3.16. The molecule has 1 aromatic heterocycles. The first-order chi connectivity index (χ1) is 7.39. The summed E-state index contributed by atoms with van der Waals surface area (Å²) in [5, 5.41) is 0. The molecule has 0 saturated carbocycles. The van der Waals surface area contributed by atoms with E-state index in [0.717, 1.165) is 11.3 Å². The van der Waals surface area contributed by atoms with Crippen LogP contribution in [0, 0.1) is 0 Å². The van der Waals surface area contributed by atoms with Crippen molar-refractivity contribution in [2.24, 2.45) is 5.73 Å². The molecule has 4 nitrogen and oxygen atoms in total. The molecule has 0 aliphatic carbocycles. The molecule has 92 valence electrons. The van der Waals surface area contributed by atoms with Crippen molar-refractivity contribution in [2.45, 2.75) is 11.3 Å². The zero-order valence-corrected chi connectivity index (χ0v) is 11.8. The summed E-state index contributed by atoms with van der Waals surface area (Å²) in [5.74, 6) is 0. The Morgan fingerprint density at radius 1 is 1.50 bits per heavy atom. The van der Waals surface area contributed by atoms with Gasteiger partial charge in [-0.05, 0) is 19.0 Å². The third kappa shape index (κ3) is 3.09. The van der Waals surface area contributed by atoms with E-state index in [9.17, 15) is 8.42 Å². The van der Waals surface area contributed by atoms with Crippen molar-refractivity contribution < 1.29 is 8.42 Å². The number of nitrogens with two attached hydrogens (primary N) is 1. The quantitative estimate of drug-likeness (QED) is 0.905. The highest BCUT2D eigenvalue weighted by atomic mass is 35.5. The number of rotatable bonds is 5. The fourth-order valence-corrected chi connectivity index (χ4v) is 4.42. The lowest BCUT2D eigenvalue weighted by Gasteiger charge is -2.15. The number of halogens is 2. The zero-order valence-electron chi connectivity index (χ0n) is 8.61. The van der Waals surface area contributed by atoms with Gasteiger partial charge in [0.1, 0.15) is 9.23 Å². The second-order valence-corrected chi connectivity index (χ2v) is 7.46. The molecule has 2 N–H and O–H groups in total. The normalized spacial score (nSPS) is 12.3. The topological polar surface area (TPSA) is 63.4 Å². The van der Waals surface area contributed by atoms with E-state index in [4.69, 9.17) is 28.9 Å². The second kappa shape index (κ2) is 5.66. The highest BCUT2D eigenvalue weighted by molar-refractivity contribution is 7.89. The van der Waals surface area contributed by atoms with Gasteiger partial charge >= 0.3 is 0 Å². The van der Waals surface area contributed by atoms with Crippen LogP contribution in [0.25, 0.3) is 0 Å². The van der Waals surface area contributed by atoms with Crippen LogP contribution in [0.1, 0.15) is 6.42 Å². The molecule has 1 rings (SSSR count). The van der Waals surface area contributed by atoms with Crippen molar-refractivity contribution in [3.05, 3.63) is 14.7 Å². The molecule has 0 spiro atoms. The van der Waals surface area contributed by atoms with Crippen LogP contribution in [-0.4, -0.2) is 32.9 Å². The van der Waals surface area contributed by atoms with Crippen molar-refractivity contribution in [1.29, 1.82) is 0 Å². The van der Waals surface area contributed by atoms with Gasteiger partial charge in [0, 0.05) is 13.6 Å². The Balaban J connectivity index is 2.97. The van der Waals surface area contributed by atoms with Crippen LogP contribution in [0.4, 0.5) is 0 Å². The van der Waals surface area contributed by atoms with Gasteiger partial charge in [-0.3, -0.25) is 0 Å². The highest BCUT2D eigenvalue weighted by Crippen LogP contribution is 2.35. The van der Waals surface area contributed by atoms with Gasteiger partial charge in [0.15, 0.2) is 0 Å². The van der Waals surface area contributed by atoms with E-state index < -0.39 is 10.0 Å². The molecular formula is C8H12Cl2N2O2S2. The number of thiophene rings is 1. The summed E-state index contributed by atoms with van der Waals surface area (Å²) in [6.07, 6.45) is 0.602. The lowest BCUT2D eigenvalue weighted by molar-refractivity contribution is 0.464. The molecule has 0 unspecified atom stereocenters. The molecule has 0 aromatic carbocycles. The van der Waals surface area contributed by atoms with Gasteiger partial charge in [-0.1, -0.05) is 23.2 Å². The van der Waals surface area contributed by atoms with E-state index in [-0.39, 0.29) is 9.23 Å². The molecule has 16 heavy (non-hydrogen) atoms. The monoisotopic (exact) mass is 302 g/mol. The van der Waals surface area contributed by atoms with Gasteiger partial charge in [0.2, 0.25) is 10.0 Å². The number of hydrogen-bond donors (Lipinski definition) is 1. The molecule has 0 aliphatic heterocycles. The molecule has 0 amide bonds. The Labute approximate surface area is 109 Å². The zero-order chi connectivity index (χ0) is 12.3. The van der Waals surface area contributed by atoms with Crippen molar-refractivity contribution in [3.8, 4) is 0 Å². The summed E-state index contributed by atoms with van der Waals surface area (Å²) >= 11 is 12.6. The number of nitrogens with zero attached hydrogens (tertiary/aromatic N) is 1. The van der Waals surface area contributed by atoms with E-state index >= 15 is 0 Å². The van der Waals surface area contributed by atoms with E-state index in [0.29, 0.717) is 23.8 Å². The average molecular weight is 303 g/mol. The minimum atomic E-state index is -3.55. The van der Waals surface area contributed by atoms with Gasteiger partial charge in [0.25, 0.3) is 0 Å². The van der Waals surface area contributed by atoms with Crippen LogP contribution < -0.4 is 5.73 Å².